The molecular formula is C16H23N3O2. The van der Waals surface area contributed by atoms with E-state index in [2.05, 4.69) is 15.2 Å². The SMILES string of the molecule is O=C(NC1CCN(c2ccccn2)CC1)C1(O)CCCC1. The number of aromatic nitrogens is 1. The number of aliphatic hydroxyl groups is 1. The van der Waals surface area contributed by atoms with Crippen molar-refractivity contribution in [2.75, 3.05) is 18.0 Å². The molecule has 3 rings (SSSR count). The van der Waals surface area contributed by atoms with Gasteiger partial charge in [0.15, 0.2) is 0 Å². The summed E-state index contributed by atoms with van der Waals surface area (Å²) in [5.41, 5.74) is -1.11. The van der Waals surface area contributed by atoms with Gasteiger partial charge < -0.3 is 15.3 Å². The molecule has 5 heteroatoms. The molecule has 0 unspecified atom stereocenters. The summed E-state index contributed by atoms with van der Waals surface area (Å²) in [7, 11) is 0. The molecule has 1 saturated carbocycles. The topological polar surface area (TPSA) is 65.5 Å². The minimum absolute atomic E-state index is 0.169. The predicted molar refractivity (Wildman–Crippen MR) is 81.0 cm³/mol. The Morgan fingerprint density at radius 3 is 2.62 bits per heavy atom. The van der Waals surface area contributed by atoms with Crippen molar-refractivity contribution in [1.29, 1.82) is 0 Å². The summed E-state index contributed by atoms with van der Waals surface area (Å²) >= 11 is 0. The van der Waals surface area contributed by atoms with Crippen molar-refractivity contribution in [2.24, 2.45) is 0 Å². The van der Waals surface area contributed by atoms with Gasteiger partial charge in [-0.15, -0.1) is 0 Å². The Kier molecular flexibility index (Phi) is 4.10. The molecular weight excluding hydrogens is 266 g/mol. The summed E-state index contributed by atoms with van der Waals surface area (Å²) in [5.74, 6) is 0.827. The number of nitrogens with one attached hydrogen (secondary N) is 1. The van der Waals surface area contributed by atoms with Crippen LogP contribution < -0.4 is 10.2 Å². The first-order chi connectivity index (χ1) is 10.2. The summed E-state index contributed by atoms with van der Waals surface area (Å²) in [4.78, 5) is 18.8. The first-order valence-electron chi connectivity index (χ1n) is 7.87. The molecule has 2 N–H and O–H groups in total. The van der Waals surface area contributed by atoms with E-state index in [1.807, 2.05) is 18.2 Å². The highest BCUT2D eigenvalue weighted by Crippen LogP contribution is 2.30. The lowest BCUT2D eigenvalue weighted by Crippen LogP contribution is -2.52. The number of nitrogens with zero attached hydrogens (tertiary/aromatic N) is 2. The normalized spacial score (nSPS) is 22.2. The zero-order valence-electron chi connectivity index (χ0n) is 12.3. The molecule has 5 nitrogen and oxygen atoms in total. The van der Waals surface area contributed by atoms with Crippen molar-refractivity contribution >= 4 is 11.7 Å². The van der Waals surface area contributed by atoms with Crippen LogP contribution in [0.2, 0.25) is 0 Å². The van der Waals surface area contributed by atoms with Gasteiger partial charge in [0.2, 0.25) is 0 Å². The molecule has 1 saturated heterocycles. The number of hydrogen-bond acceptors (Lipinski definition) is 4. The van der Waals surface area contributed by atoms with Crippen LogP contribution in [0.3, 0.4) is 0 Å². The van der Waals surface area contributed by atoms with Gasteiger partial charge >= 0.3 is 0 Å². The highest BCUT2D eigenvalue weighted by molar-refractivity contribution is 5.85. The molecule has 1 aromatic rings. The summed E-state index contributed by atoms with van der Waals surface area (Å²) < 4.78 is 0. The number of pyridine rings is 1. The van der Waals surface area contributed by atoms with Crippen LogP contribution in [0.4, 0.5) is 5.82 Å². The van der Waals surface area contributed by atoms with Crippen molar-refractivity contribution in [1.82, 2.24) is 10.3 Å². The Bertz CT molecular complexity index is 478. The summed E-state index contributed by atoms with van der Waals surface area (Å²) in [6.45, 7) is 1.78. The van der Waals surface area contributed by atoms with E-state index in [-0.39, 0.29) is 11.9 Å². The van der Waals surface area contributed by atoms with Gasteiger partial charge in [0.05, 0.1) is 0 Å². The third kappa shape index (κ3) is 3.18. The number of hydrogen-bond donors (Lipinski definition) is 2. The first kappa shape index (κ1) is 14.3. The van der Waals surface area contributed by atoms with E-state index in [4.69, 9.17) is 0 Å². The monoisotopic (exact) mass is 289 g/mol. The average molecular weight is 289 g/mol. The minimum atomic E-state index is -1.11. The average Bonchev–Trinajstić information content (AvgIpc) is 2.97. The Hall–Kier alpha value is -1.62. The Morgan fingerprint density at radius 2 is 2.00 bits per heavy atom. The smallest absolute Gasteiger partial charge is 0.252 e. The van der Waals surface area contributed by atoms with Crippen LogP contribution in [0.25, 0.3) is 0 Å². The zero-order valence-corrected chi connectivity index (χ0v) is 12.3. The molecule has 2 aliphatic rings. The van der Waals surface area contributed by atoms with Crippen LogP contribution in [0, 0.1) is 0 Å². The quantitative estimate of drug-likeness (QED) is 0.884. The summed E-state index contributed by atoms with van der Waals surface area (Å²) in [5, 5.41) is 13.3. The molecule has 1 amide bonds. The summed E-state index contributed by atoms with van der Waals surface area (Å²) in [6.07, 6.45) is 6.71. The molecule has 2 fully saturated rings. The largest absolute Gasteiger partial charge is 0.380 e. The zero-order chi connectivity index (χ0) is 14.7. The van der Waals surface area contributed by atoms with E-state index in [0.717, 1.165) is 44.6 Å². The van der Waals surface area contributed by atoms with E-state index >= 15 is 0 Å². The highest BCUT2D eigenvalue weighted by atomic mass is 16.3. The molecule has 0 aromatic carbocycles. The minimum Gasteiger partial charge on any atom is -0.380 e. The maximum Gasteiger partial charge on any atom is 0.252 e. The van der Waals surface area contributed by atoms with Gasteiger partial charge in [-0.1, -0.05) is 6.07 Å². The van der Waals surface area contributed by atoms with Crippen molar-refractivity contribution in [2.45, 2.75) is 50.2 Å². The number of carbonyl (C=O) groups is 1. The van der Waals surface area contributed by atoms with Crippen molar-refractivity contribution in [3.8, 4) is 0 Å². The predicted octanol–water partition coefficient (Wildman–Crippen LogP) is 1.47. The van der Waals surface area contributed by atoms with Crippen molar-refractivity contribution < 1.29 is 9.90 Å². The van der Waals surface area contributed by atoms with E-state index in [1.54, 1.807) is 6.20 Å². The lowest BCUT2D eigenvalue weighted by molar-refractivity contribution is -0.140. The lowest BCUT2D eigenvalue weighted by atomic mass is 9.99. The molecule has 1 aromatic heterocycles. The maximum absolute atomic E-state index is 12.2. The van der Waals surface area contributed by atoms with Crippen molar-refractivity contribution in [3.05, 3.63) is 24.4 Å². The number of rotatable bonds is 3. The Balaban J connectivity index is 1.51. The molecule has 0 atom stereocenters. The van der Waals surface area contributed by atoms with Gasteiger partial charge in [-0.2, -0.15) is 0 Å². The first-order valence-corrected chi connectivity index (χ1v) is 7.87. The number of anilines is 1. The van der Waals surface area contributed by atoms with Gasteiger partial charge in [0.25, 0.3) is 5.91 Å². The van der Waals surface area contributed by atoms with E-state index < -0.39 is 5.60 Å². The fraction of sp³-hybridized carbons (Fsp3) is 0.625. The fourth-order valence-corrected chi connectivity index (χ4v) is 3.30. The number of amides is 1. The second-order valence-electron chi connectivity index (χ2n) is 6.16. The highest BCUT2D eigenvalue weighted by Gasteiger charge is 2.39. The van der Waals surface area contributed by atoms with Crippen LogP contribution in [0.1, 0.15) is 38.5 Å². The second kappa shape index (κ2) is 6.02. The third-order valence-electron chi connectivity index (χ3n) is 4.66. The maximum atomic E-state index is 12.2. The van der Waals surface area contributed by atoms with E-state index in [9.17, 15) is 9.90 Å². The van der Waals surface area contributed by atoms with Gasteiger partial charge in [-0.05, 0) is 50.7 Å². The van der Waals surface area contributed by atoms with E-state index in [1.165, 1.54) is 0 Å². The van der Waals surface area contributed by atoms with Crippen LogP contribution >= 0.6 is 0 Å². The van der Waals surface area contributed by atoms with Crippen LogP contribution in [0.5, 0.6) is 0 Å². The molecule has 21 heavy (non-hydrogen) atoms. The van der Waals surface area contributed by atoms with Gasteiger partial charge in [-0.3, -0.25) is 4.79 Å². The second-order valence-corrected chi connectivity index (χ2v) is 6.16. The van der Waals surface area contributed by atoms with Crippen LogP contribution in [-0.4, -0.2) is 40.7 Å². The van der Waals surface area contributed by atoms with Crippen LogP contribution in [0.15, 0.2) is 24.4 Å². The van der Waals surface area contributed by atoms with E-state index in [0.29, 0.717) is 12.8 Å². The molecule has 114 valence electrons. The number of piperidine rings is 1. The van der Waals surface area contributed by atoms with Crippen LogP contribution in [-0.2, 0) is 4.79 Å². The van der Waals surface area contributed by atoms with Gasteiger partial charge in [-0.25, -0.2) is 4.98 Å². The molecule has 1 aliphatic heterocycles. The van der Waals surface area contributed by atoms with Gasteiger partial charge in [0.1, 0.15) is 11.4 Å². The molecule has 2 heterocycles. The third-order valence-corrected chi connectivity index (χ3v) is 4.66. The standard InChI is InChI=1S/C16H23N3O2/c20-15(16(21)8-2-3-9-16)18-13-6-11-19(12-7-13)14-5-1-4-10-17-14/h1,4-5,10,13,21H,2-3,6-9,11-12H2,(H,18,20). The summed E-state index contributed by atoms with van der Waals surface area (Å²) in [6, 6.07) is 6.09. The van der Waals surface area contributed by atoms with Gasteiger partial charge in [0, 0.05) is 25.3 Å². The fourth-order valence-electron chi connectivity index (χ4n) is 3.30. The lowest BCUT2D eigenvalue weighted by Gasteiger charge is -2.34. The molecule has 0 spiro atoms. The Labute approximate surface area is 125 Å². The number of carbonyl (C=O) groups excluding carboxylic acids is 1. The Morgan fingerprint density at radius 1 is 1.29 bits per heavy atom. The molecule has 1 aliphatic carbocycles. The molecule has 0 radical (unpaired) electrons. The molecule has 0 bridgehead atoms. The van der Waals surface area contributed by atoms with Crippen molar-refractivity contribution in [3.63, 3.8) is 0 Å².